The molecule has 0 saturated carbocycles. The number of carbonyl (C=O) groups is 1. The molecule has 0 atom stereocenters. The van der Waals surface area contributed by atoms with Gasteiger partial charge in [-0.25, -0.2) is 0 Å². The second kappa shape index (κ2) is 7.69. The normalized spacial score (nSPS) is 10.3. The number of hydrazine groups is 1. The summed E-state index contributed by atoms with van der Waals surface area (Å²) >= 11 is 12.8. The van der Waals surface area contributed by atoms with Crippen LogP contribution in [0.4, 0.5) is 5.69 Å². The lowest BCUT2D eigenvalue weighted by Gasteiger charge is -2.12. The maximum atomic E-state index is 12.3. The van der Waals surface area contributed by atoms with Gasteiger partial charge < -0.3 is 10.1 Å². The Morgan fingerprint density at radius 1 is 1.16 bits per heavy atom. The van der Waals surface area contributed by atoms with Gasteiger partial charge in [-0.15, -0.1) is 11.3 Å². The van der Waals surface area contributed by atoms with Gasteiger partial charge >= 0.3 is 0 Å². The molecule has 0 aliphatic heterocycles. The third kappa shape index (κ3) is 4.01. The Morgan fingerprint density at radius 3 is 2.72 bits per heavy atom. The molecular formula is C17H14ClN3O2S2. The van der Waals surface area contributed by atoms with Gasteiger partial charge in [0.05, 0.1) is 12.1 Å². The van der Waals surface area contributed by atoms with Gasteiger partial charge in [0.2, 0.25) is 0 Å². The van der Waals surface area contributed by atoms with Crippen LogP contribution in [0.3, 0.4) is 0 Å². The second-order valence-corrected chi connectivity index (χ2v) is 6.84. The number of methoxy groups -OCH3 is 1. The summed E-state index contributed by atoms with van der Waals surface area (Å²) in [6, 6.07) is 14.9. The summed E-state index contributed by atoms with van der Waals surface area (Å²) in [5, 5.41) is 4.50. The lowest BCUT2D eigenvalue weighted by molar-refractivity contribution is 0.0948. The molecule has 25 heavy (non-hydrogen) atoms. The zero-order valence-corrected chi connectivity index (χ0v) is 15.5. The van der Waals surface area contributed by atoms with E-state index >= 15 is 0 Å². The number of amides is 1. The van der Waals surface area contributed by atoms with Crippen LogP contribution >= 0.6 is 35.2 Å². The fraction of sp³-hybridized carbons (Fsp3) is 0.0588. The number of thiophene rings is 1. The molecule has 3 aromatic rings. The Kier molecular flexibility index (Phi) is 5.37. The topological polar surface area (TPSA) is 62.4 Å². The molecule has 1 heterocycles. The average molecular weight is 392 g/mol. The third-order valence-corrected chi connectivity index (χ3v) is 5.24. The van der Waals surface area contributed by atoms with E-state index in [1.54, 1.807) is 13.2 Å². The second-order valence-electron chi connectivity index (χ2n) is 5.01. The smallest absolute Gasteiger partial charge is 0.281 e. The lowest BCUT2D eigenvalue weighted by atomic mass is 10.2. The molecule has 0 aliphatic carbocycles. The minimum atomic E-state index is -0.346. The number of hydrogen-bond donors (Lipinski definition) is 3. The number of benzene rings is 2. The number of anilines is 1. The van der Waals surface area contributed by atoms with E-state index in [4.69, 9.17) is 28.6 Å². The molecule has 0 fully saturated rings. The van der Waals surface area contributed by atoms with Crippen LogP contribution in [0, 0.1) is 0 Å². The Balaban J connectivity index is 1.63. The standard InChI is InChI=1S/C17H14ClN3O2S2/c1-23-11-6-4-5-10(9-11)19-17(24)21-20-16(22)15-14(18)12-7-2-3-8-13(12)25-15/h2-9H,1H3,(H,20,22)(H2,19,21,24). The van der Waals surface area contributed by atoms with Crippen molar-refractivity contribution in [3.05, 3.63) is 58.4 Å². The number of halogens is 1. The van der Waals surface area contributed by atoms with Crippen molar-refractivity contribution >= 4 is 61.9 Å². The van der Waals surface area contributed by atoms with E-state index in [0.717, 1.165) is 15.8 Å². The predicted octanol–water partition coefficient (Wildman–Crippen LogP) is 4.19. The van der Waals surface area contributed by atoms with Gasteiger partial charge in [0, 0.05) is 21.8 Å². The zero-order valence-electron chi connectivity index (χ0n) is 13.1. The fourth-order valence-electron chi connectivity index (χ4n) is 2.19. The summed E-state index contributed by atoms with van der Waals surface area (Å²) in [5.74, 6) is 0.356. The fourth-order valence-corrected chi connectivity index (χ4v) is 3.77. The van der Waals surface area contributed by atoms with Crippen LogP contribution in [0.15, 0.2) is 48.5 Å². The van der Waals surface area contributed by atoms with Gasteiger partial charge in [0.15, 0.2) is 5.11 Å². The molecule has 8 heteroatoms. The van der Waals surface area contributed by atoms with Crippen molar-refractivity contribution in [2.24, 2.45) is 0 Å². The molecule has 1 aromatic heterocycles. The van der Waals surface area contributed by atoms with Crippen molar-refractivity contribution in [1.29, 1.82) is 0 Å². The first-order valence-electron chi connectivity index (χ1n) is 7.27. The minimum Gasteiger partial charge on any atom is -0.497 e. The summed E-state index contributed by atoms with van der Waals surface area (Å²) in [4.78, 5) is 12.8. The van der Waals surface area contributed by atoms with E-state index in [1.165, 1.54) is 11.3 Å². The van der Waals surface area contributed by atoms with Crippen LogP contribution < -0.4 is 20.9 Å². The number of fused-ring (bicyclic) bond motifs is 1. The van der Waals surface area contributed by atoms with Crippen molar-refractivity contribution < 1.29 is 9.53 Å². The average Bonchev–Trinajstić information content (AvgIpc) is 2.97. The highest BCUT2D eigenvalue weighted by atomic mass is 35.5. The van der Waals surface area contributed by atoms with E-state index in [-0.39, 0.29) is 11.0 Å². The van der Waals surface area contributed by atoms with Gasteiger partial charge in [-0.1, -0.05) is 35.9 Å². The van der Waals surface area contributed by atoms with Crippen molar-refractivity contribution in [1.82, 2.24) is 10.9 Å². The van der Waals surface area contributed by atoms with Crippen LogP contribution in [0.5, 0.6) is 5.75 Å². The number of ether oxygens (including phenoxy) is 1. The highest BCUT2D eigenvalue weighted by Crippen LogP contribution is 2.34. The van der Waals surface area contributed by atoms with Crippen LogP contribution in [0.2, 0.25) is 5.02 Å². The Morgan fingerprint density at radius 2 is 1.96 bits per heavy atom. The summed E-state index contributed by atoms with van der Waals surface area (Å²) < 4.78 is 6.10. The van der Waals surface area contributed by atoms with Crippen LogP contribution in [0.1, 0.15) is 9.67 Å². The Hall–Kier alpha value is -2.35. The molecule has 0 bridgehead atoms. The molecule has 5 nitrogen and oxygen atoms in total. The number of nitrogens with one attached hydrogen (secondary N) is 3. The van der Waals surface area contributed by atoms with E-state index in [2.05, 4.69) is 16.2 Å². The van der Waals surface area contributed by atoms with Gasteiger partial charge in [0.1, 0.15) is 10.6 Å². The molecule has 0 radical (unpaired) electrons. The van der Waals surface area contributed by atoms with Gasteiger partial charge in [0.25, 0.3) is 5.91 Å². The largest absolute Gasteiger partial charge is 0.497 e. The Labute approximate surface area is 158 Å². The molecule has 1 amide bonds. The van der Waals surface area contributed by atoms with E-state index in [0.29, 0.717) is 15.6 Å². The van der Waals surface area contributed by atoms with Crippen molar-refractivity contribution in [2.75, 3.05) is 12.4 Å². The van der Waals surface area contributed by atoms with E-state index in [1.807, 2.05) is 42.5 Å². The van der Waals surface area contributed by atoms with Crippen LogP contribution in [0.25, 0.3) is 10.1 Å². The minimum absolute atomic E-state index is 0.249. The molecule has 3 N–H and O–H groups in total. The molecule has 3 rings (SSSR count). The monoisotopic (exact) mass is 391 g/mol. The molecule has 2 aromatic carbocycles. The molecule has 0 aliphatic rings. The first kappa shape index (κ1) is 17.5. The molecule has 0 saturated heterocycles. The summed E-state index contributed by atoms with van der Waals surface area (Å²) in [6.07, 6.45) is 0. The quantitative estimate of drug-likeness (QED) is 0.461. The predicted molar refractivity (Wildman–Crippen MR) is 107 cm³/mol. The molecule has 0 unspecified atom stereocenters. The zero-order chi connectivity index (χ0) is 17.8. The van der Waals surface area contributed by atoms with E-state index in [9.17, 15) is 4.79 Å². The first-order chi connectivity index (χ1) is 12.1. The van der Waals surface area contributed by atoms with Crippen molar-refractivity contribution in [3.8, 4) is 5.75 Å². The number of thiocarbonyl (C=S) groups is 1. The van der Waals surface area contributed by atoms with E-state index < -0.39 is 0 Å². The lowest BCUT2D eigenvalue weighted by Crippen LogP contribution is -2.43. The summed E-state index contributed by atoms with van der Waals surface area (Å²) in [6.45, 7) is 0. The molecule has 128 valence electrons. The highest BCUT2D eigenvalue weighted by Gasteiger charge is 2.16. The Bertz CT molecular complexity index is 943. The number of carbonyl (C=O) groups excluding carboxylic acids is 1. The maximum absolute atomic E-state index is 12.3. The first-order valence-corrected chi connectivity index (χ1v) is 8.87. The highest BCUT2D eigenvalue weighted by molar-refractivity contribution is 7.80. The van der Waals surface area contributed by atoms with Crippen LogP contribution in [-0.4, -0.2) is 18.1 Å². The molecular weight excluding hydrogens is 378 g/mol. The third-order valence-electron chi connectivity index (χ3n) is 3.36. The number of rotatable bonds is 3. The van der Waals surface area contributed by atoms with Gasteiger partial charge in [-0.3, -0.25) is 15.6 Å². The summed E-state index contributed by atoms with van der Waals surface area (Å²) in [7, 11) is 1.59. The van der Waals surface area contributed by atoms with Gasteiger partial charge in [-0.2, -0.15) is 0 Å². The maximum Gasteiger partial charge on any atom is 0.281 e. The van der Waals surface area contributed by atoms with Crippen LogP contribution in [-0.2, 0) is 0 Å². The molecule has 0 spiro atoms. The van der Waals surface area contributed by atoms with Crippen molar-refractivity contribution in [2.45, 2.75) is 0 Å². The van der Waals surface area contributed by atoms with Gasteiger partial charge in [-0.05, 0) is 30.4 Å². The van der Waals surface area contributed by atoms with Crippen molar-refractivity contribution in [3.63, 3.8) is 0 Å². The SMILES string of the molecule is COc1cccc(NC(=S)NNC(=O)c2sc3ccccc3c2Cl)c1. The number of hydrogen-bond acceptors (Lipinski definition) is 4. The summed E-state index contributed by atoms with van der Waals surface area (Å²) in [5.41, 5.74) is 5.96.